The van der Waals surface area contributed by atoms with Gasteiger partial charge in [-0.25, -0.2) is 0 Å². The van der Waals surface area contributed by atoms with Crippen LogP contribution in [0.25, 0.3) is 11.1 Å². The van der Waals surface area contributed by atoms with Gasteiger partial charge in [-0.15, -0.1) is 0 Å². The Morgan fingerprint density at radius 1 is 1.11 bits per heavy atom. The van der Waals surface area contributed by atoms with Crippen LogP contribution >= 0.6 is 0 Å². The molecule has 0 aliphatic carbocycles. The third-order valence-corrected chi connectivity index (χ3v) is 4.49. The molecule has 4 nitrogen and oxygen atoms in total. The van der Waals surface area contributed by atoms with Crippen molar-refractivity contribution in [3.63, 3.8) is 0 Å². The summed E-state index contributed by atoms with van der Waals surface area (Å²) in [4.78, 5) is 14.1. The molecule has 27 heavy (non-hydrogen) atoms. The number of anilines is 1. The molecule has 0 radical (unpaired) electrons. The number of benzene rings is 2. The predicted molar refractivity (Wildman–Crippen MR) is 97.4 cm³/mol. The molecule has 7 heteroatoms. The minimum atomic E-state index is -4.50. The highest BCUT2D eigenvalue weighted by atomic mass is 19.4. The second-order valence-electron chi connectivity index (χ2n) is 6.43. The summed E-state index contributed by atoms with van der Waals surface area (Å²) in [7, 11) is 0. The molecule has 1 amide bonds. The molecule has 1 fully saturated rings. The molecule has 0 bridgehead atoms. The van der Waals surface area contributed by atoms with Crippen molar-refractivity contribution >= 4 is 11.6 Å². The maximum Gasteiger partial charge on any atom is 0.417 e. The first kappa shape index (κ1) is 19.2. The number of nitrogens with one attached hydrogen (secondary N) is 1. The topological polar surface area (TPSA) is 41.6 Å². The Hall–Kier alpha value is -2.54. The van der Waals surface area contributed by atoms with E-state index in [1.165, 1.54) is 6.07 Å². The molecule has 1 saturated heterocycles. The van der Waals surface area contributed by atoms with Crippen LogP contribution in [0.5, 0.6) is 0 Å². The molecule has 0 aromatic heterocycles. The molecule has 1 aliphatic heterocycles. The van der Waals surface area contributed by atoms with Crippen molar-refractivity contribution in [3.8, 4) is 11.1 Å². The fourth-order valence-corrected chi connectivity index (χ4v) is 3.11. The molecule has 144 valence electrons. The second kappa shape index (κ2) is 8.00. The number of morpholine rings is 1. The summed E-state index contributed by atoms with van der Waals surface area (Å²) < 4.78 is 46.0. The highest BCUT2D eigenvalue weighted by Crippen LogP contribution is 2.38. The van der Waals surface area contributed by atoms with Gasteiger partial charge >= 0.3 is 6.18 Å². The SMILES string of the molecule is CC(Nc1ccc(-c2ccccc2)c(C(F)(F)F)c1)C(=O)N1CCOCC1. The maximum absolute atomic E-state index is 13.6. The Labute approximate surface area is 155 Å². The van der Waals surface area contributed by atoms with Gasteiger partial charge in [0.1, 0.15) is 6.04 Å². The molecule has 0 spiro atoms. The molecule has 1 aliphatic rings. The lowest BCUT2D eigenvalue weighted by Crippen LogP contribution is -2.47. The van der Waals surface area contributed by atoms with E-state index < -0.39 is 17.8 Å². The van der Waals surface area contributed by atoms with Crippen molar-refractivity contribution in [2.24, 2.45) is 0 Å². The minimum absolute atomic E-state index is 0.112. The third kappa shape index (κ3) is 4.60. The van der Waals surface area contributed by atoms with Gasteiger partial charge in [0, 0.05) is 18.8 Å². The van der Waals surface area contributed by atoms with Crippen LogP contribution in [0.2, 0.25) is 0 Å². The first-order valence-corrected chi connectivity index (χ1v) is 8.76. The van der Waals surface area contributed by atoms with Crippen LogP contribution in [0.1, 0.15) is 12.5 Å². The van der Waals surface area contributed by atoms with E-state index in [4.69, 9.17) is 4.74 Å². The summed E-state index contributed by atoms with van der Waals surface area (Å²) in [5, 5.41) is 2.90. The van der Waals surface area contributed by atoms with Gasteiger partial charge in [-0.3, -0.25) is 4.79 Å². The van der Waals surface area contributed by atoms with E-state index in [1.807, 2.05) is 0 Å². The number of halogens is 3. The Morgan fingerprint density at radius 3 is 2.41 bits per heavy atom. The van der Waals surface area contributed by atoms with Gasteiger partial charge in [0.15, 0.2) is 0 Å². The van der Waals surface area contributed by atoms with Crippen LogP contribution in [0, 0.1) is 0 Å². The standard InChI is InChI=1S/C20H21F3N2O2/c1-14(19(26)25-9-11-27-12-10-25)24-16-7-8-17(15-5-3-2-4-6-15)18(13-16)20(21,22)23/h2-8,13-14,24H,9-12H2,1H3. The van der Waals surface area contributed by atoms with Crippen molar-refractivity contribution in [1.82, 2.24) is 4.90 Å². The van der Waals surface area contributed by atoms with Crippen molar-refractivity contribution in [1.29, 1.82) is 0 Å². The highest BCUT2D eigenvalue weighted by molar-refractivity contribution is 5.84. The quantitative estimate of drug-likeness (QED) is 0.873. The van der Waals surface area contributed by atoms with Crippen LogP contribution in [0.3, 0.4) is 0 Å². The fourth-order valence-electron chi connectivity index (χ4n) is 3.11. The largest absolute Gasteiger partial charge is 0.417 e. The molecular weight excluding hydrogens is 357 g/mol. The lowest BCUT2D eigenvalue weighted by atomic mass is 9.98. The molecule has 2 aromatic carbocycles. The monoisotopic (exact) mass is 378 g/mol. The Balaban J connectivity index is 1.83. The van der Waals surface area contributed by atoms with Gasteiger partial charge in [0.05, 0.1) is 18.8 Å². The van der Waals surface area contributed by atoms with E-state index in [1.54, 1.807) is 48.2 Å². The predicted octanol–water partition coefficient (Wildman–Crippen LogP) is 4.03. The van der Waals surface area contributed by atoms with Crippen LogP contribution in [0.15, 0.2) is 48.5 Å². The summed E-state index contributed by atoms with van der Waals surface area (Å²) >= 11 is 0. The number of alkyl halides is 3. The third-order valence-electron chi connectivity index (χ3n) is 4.49. The van der Waals surface area contributed by atoms with E-state index >= 15 is 0 Å². The van der Waals surface area contributed by atoms with Crippen molar-refractivity contribution in [2.45, 2.75) is 19.1 Å². The van der Waals surface area contributed by atoms with Crippen molar-refractivity contribution in [2.75, 3.05) is 31.6 Å². The number of rotatable bonds is 4. The summed E-state index contributed by atoms with van der Waals surface area (Å²) in [5.41, 5.74) is 0.135. The maximum atomic E-state index is 13.6. The van der Waals surface area contributed by atoms with E-state index in [2.05, 4.69) is 5.32 Å². The number of carbonyl (C=O) groups is 1. The summed E-state index contributed by atoms with van der Waals surface area (Å²) in [6, 6.07) is 11.9. The Morgan fingerprint density at radius 2 is 1.78 bits per heavy atom. The van der Waals surface area contributed by atoms with Crippen LogP contribution in [-0.4, -0.2) is 43.2 Å². The van der Waals surface area contributed by atoms with Gasteiger partial charge in [-0.05, 0) is 30.2 Å². The first-order chi connectivity index (χ1) is 12.9. The number of amides is 1. The van der Waals surface area contributed by atoms with Gasteiger partial charge in [0.25, 0.3) is 0 Å². The molecule has 1 heterocycles. The van der Waals surface area contributed by atoms with Gasteiger partial charge in [0.2, 0.25) is 5.91 Å². The van der Waals surface area contributed by atoms with Crippen LogP contribution in [-0.2, 0) is 15.7 Å². The molecule has 3 rings (SSSR count). The molecule has 1 unspecified atom stereocenters. The zero-order valence-corrected chi connectivity index (χ0v) is 14.9. The van der Waals surface area contributed by atoms with Gasteiger partial charge in [-0.2, -0.15) is 13.2 Å². The normalized spacial score (nSPS) is 16.1. The number of ether oxygens (including phenoxy) is 1. The first-order valence-electron chi connectivity index (χ1n) is 8.76. The zero-order valence-electron chi connectivity index (χ0n) is 14.9. The molecule has 1 atom stereocenters. The van der Waals surface area contributed by atoms with Gasteiger partial charge in [-0.1, -0.05) is 36.4 Å². The van der Waals surface area contributed by atoms with Gasteiger partial charge < -0.3 is 15.0 Å². The number of hydrogen-bond acceptors (Lipinski definition) is 3. The summed E-state index contributed by atoms with van der Waals surface area (Å²) in [6.45, 7) is 3.58. The summed E-state index contributed by atoms with van der Waals surface area (Å²) in [5.74, 6) is -0.154. The zero-order chi connectivity index (χ0) is 19.4. The van der Waals surface area contributed by atoms with E-state index in [0.29, 0.717) is 31.9 Å². The average molecular weight is 378 g/mol. The molecule has 0 saturated carbocycles. The molecule has 1 N–H and O–H groups in total. The summed E-state index contributed by atoms with van der Waals surface area (Å²) in [6.07, 6.45) is -4.50. The minimum Gasteiger partial charge on any atom is -0.378 e. The Bertz CT molecular complexity index is 788. The smallest absolute Gasteiger partial charge is 0.378 e. The lowest BCUT2D eigenvalue weighted by molar-refractivity contribution is -0.137. The van der Waals surface area contributed by atoms with E-state index in [-0.39, 0.29) is 17.2 Å². The van der Waals surface area contributed by atoms with Crippen LogP contribution < -0.4 is 5.32 Å². The number of nitrogens with zero attached hydrogens (tertiary/aromatic N) is 1. The van der Waals surface area contributed by atoms with Crippen molar-refractivity contribution in [3.05, 3.63) is 54.1 Å². The number of carbonyl (C=O) groups excluding carboxylic acids is 1. The highest BCUT2D eigenvalue weighted by Gasteiger charge is 2.34. The fraction of sp³-hybridized carbons (Fsp3) is 0.350. The van der Waals surface area contributed by atoms with E-state index in [9.17, 15) is 18.0 Å². The second-order valence-corrected chi connectivity index (χ2v) is 6.43. The van der Waals surface area contributed by atoms with Crippen molar-refractivity contribution < 1.29 is 22.7 Å². The number of hydrogen-bond donors (Lipinski definition) is 1. The lowest BCUT2D eigenvalue weighted by Gasteiger charge is -2.30. The Kier molecular flexibility index (Phi) is 5.70. The van der Waals surface area contributed by atoms with Crippen LogP contribution in [0.4, 0.5) is 18.9 Å². The average Bonchev–Trinajstić information content (AvgIpc) is 2.68. The molecule has 2 aromatic rings. The van der Waals surface area contributed by atoms with E-state index in [0.717, 1.165) is 6.07 Å². The molecular formula is C20H21F3N2O2.